The first-order valence-corrected chi connectivity index (χ1v) is 9.69. The third kappa shape index (κ3) is 3.60. The van der Waals surface area contributed by atoms with E-state index in [1.807, 2.05) is 29.2 Å². The molecule has 1 atom stereocenters. The first-order chi connectivity index (χ1) is 11.0. The van der Waals surface area contributed by atoms with E-state index in [1.165, 1.54) is 0 Å². The minimum atomic E-state index is -3.01. The van der Waals surface area contributed by atoms with Gasteiger partial charge in [0, 0.05) is 37.9 Å². The SMILES string of the molecule is COc1cccc(N2CCN(C(=O)[C@@H]3CCS(=O)(=O)C3)CC2)c1. The van der Waals surface area contributed by atoms with Crippen LogP contribution in [0.15, 0.2) is 24.3 Å². The van der Waals surface area contributed by atoms with Gasteiger partial charge in [0.25, 0.3) is 0 Å². The van der Waals surface area contributed by atoms with E-state index in [0.717, 1.165) is 24.5 Å². The van der Waals surface area contributed by atoms with Crippen molar-refractivity contribution in [3.05, 3.63) is 24.3 Å². The smallest absolute Gasteiger partial charge is 0.226 e. The van der Waals surface area contributed by atoms with Crippen LogP contribution in [0.25, 0.3) is 0 Å². The predicted molar refractivity (Wildman–Crippen MR) is 88.5 cm³/mol. The van der Waals surface area contributed by atoms with Gasteiger partial charge in [-0.05, 0) is 18.6 Å². The summed E-state index contributed by atoms with van der Waals surface area (Å²) in [6, 6.07) is 7.88. The van der Waals surface area contributed by atoms with Crippen molar-refractivity contribution in [2.75, 3.05) is 49.7 Å². The van der Waals surface area contributed by atoms with E-state index in [4.69, 9.17) is 4.74 Å². The zero-order valence-corrected chi connectivity index (χ0v) is 14.1. The Balaban J connectivity index is 1.59. The first kappa shape index (κ1) is 16.1. The fourth-order valence-electron chi connectivity index (χ4n) is 3.24. The largest absolute Gasteiger partial charge is 0.497 e. The van der Waals surface area contributed by atoms with Gasteiger partial charge in [0.1, 0.15) is 5.75 Å². The second kappa shape index (κ2) is 6.39. The highest BCUT2D eigenvalue weighted by Crippen LogP contribution is 2.24. The molecule has 7 heteroatoms. The fraction of sp³-hybridized carbons (Fsp3) is 0.562. The van der Waals surface area contributed by atoms with Crippen LogP contribution in [0, 0.1) is 5.92 Å². The van der Waals surface area contributed by atoms with E-state index in [2.05, 4.69) is 4.90 Å². The van der Waals surface area contributed by atoms with Crippen LogP contribution < -0.4 is 9.64 Å². The van der Waals surface area contributed by atoms with Crippen molar-refractivity contribution in [3.8, 4) is 5.75 Å². The molecule has 0 N–H and O–H groups in total. The van der Waals surface area contributed by atoms with Crippen molar-refractivity contribution in [3.63, 3.8) is 0 Å². The summed E-state index contributed by atoms with van der Waals surface area (Å²) >= 11 is 0. The number of hydrogen-bond acceptors (Lipinski definition) is 5. The number of hydrogen-bond donors (Lipinski definition) is 0. The Morgan fingerprint density at radius 1 is 1.22 bits per heavy atom. The first-order valence-electron chi connectivity index (χ1n) is 7.87. The van der Waals surface area contributed by atoms with Crippen molar-refractivity contribution in [1.82, 2.24) is 4.90 Å². The molecule has 126 valence electrons. The second-order valence-electron chi connectivity index (χ2n) is 6.11. The van der Waals surface area contributed by atoms with Crippen molar-refractivity contribution < 1.29 is 17.9 Å². The number of ether oxygens (including phenoxy) is 1. The normalized spacial score (nSPS) is 23.8. The van der Waals surface area contributed by atoms with E-state index in [1.54, 1.807) is 7.11 Å². The molecule has 0 aromatic heterocycles. The number of sulfone groups is 1. The number of anilines is 1. The second-order valence-corrected chi connectivity index (χ2v) is 8.34. The molecule has 2 fully saturated rings. The number of carbonyl (C=O) groups is 1. The number of methoxy groups -OCH3 is 1. The van der Waals surface area contributed by atoms with Gasteiger partial charge in [-0.3, -0.25) is 4.79 Å². The highest BCUT2D eigenvalue weighted by atomic mass is 32.2. The molecular weight excluding hydrogens is 316 g/mol. The zero-order valence-electron chi connectivity index (χ0n) is 13.3. The Bertz CT molecular complexity index is 681. The van der Waals surface area contributed by atoms with Crippen LogP contribution in [0.1, 0.15) is 6.42 Å². The molecule has 2 heterocycles. The average molecular weight is 338 g/mol. The zero-order chi connectivity index (χ0) is 16.4. The topological polar surface area (TPSA) is 66.9 Å². The van der Waals surface area contributed by atoms with Crippen LogP contribution in [0.5, 0.6) is 5.75 Å². The summed E-state index contributed by atoms with van der Waals surface area (Å²) < 4.78 is 28.3. The van der Waals surface area contributed by atoms with E-state index >= 15 is 0 Å². The molecule has 0 unspecified atom stereocenters. The maximum Gasteiger partial charge on any atom is 0.226 e. The summed E-state index contributed by atoms with van der Waals surface area (Å²) in [6.45, 7) is 2.76. The van der Waals surface area contributed by atoms with Crippen LogP contribution in [-0.2, 0) is 14.6 Å². The molecular formula is C16H22N2O4S. The van der Waals surface area contributed by atoms with Gasteiger partial charge in [-0.25, -0.2) is 8.42 Å². The van der Waals surface area contributed by atoms with Gasteiger partial charge in [-0.2, -0.15) is 0 Å². The number of rotatable bonds is 3. The lowest BCUT2D eigenvalue weighted by Gasteiger charge is -2.37. The Morgan fingerprint density at radius 2 is 1.96 bits per heavy atom. The van der Waals surface area contributed by atoms with Gasteiger partial charge in [-0.15, -0.1) is 0 Å². The standard InChI is InChI=1S/C16H22N2O4S/c1-22-15-4-2-3-14(11-15)17-6-8-18(9-7-17)16(19)13-5-10-23(20,21)12-13/h2-4,11,13H,5-10,12H2,1H3/t13-/m1/s1. The third-order valence-corrected chi connectivity index (χ3v) is 6.36. The van der Waals surface area contributed by atoms with E-state index < -0.39 is 9.84 Å². The molecule has 2 aliphatic rings. The van der Waals surface area contributed by atoms with Gasteiger partial charge in [0.2, 0.25) is 5.91 Å². The van der Waals surface area contributed by atoms with Crippen LogP contribution in [0.3, 0.4) is 0 Å². The van der Waals surface area contributed by atoms with Gasteiger partial charge in [0.15, 0.2) is 9.84 Å². The number of amides is 1. The molecule has 6 nitrogen and oxygen atoms in total. The molecule has 2 aliphatic heterocycles. The average Bonchev–Trinajstić information content (AvgIpc) is 2.94. The predicted octanol–water partition coefficient (Wildman–Crippen LogP) is 0.778. The lowest BCUT2D eigenvalue weighted by Crippen LogP contribution is -2.50. The van der Waals surface area contributed by atoms with E-state index in [-0.39, 0.29) is 23.3 Å². The third-order valence-electron chi connectivity index (χ3n) is 4.59. The van der Waals surface area contributed by atoms with Gasteiger partial charge < -0.3 is 14.5 Å². The number of carbonyl (C=O) groups excluding carboxylic acids is 1. The maximum absolute atomic E-state index is 12.5. The van der Waals surface area contributed by atoms with Crippen LogP contribution in [0.2, 0.25) is 0 Å². The summed E-state index contributed by atoms with van der Waals surface area (Å²) in [5, 5.41) is 0. The van der Waals surface area contributed by atoms with Gasteiger partial charge in [-0.1, -0.05) is 6.07 Å². The maximum atomic E-state index is 12.5. The lowest BCUT2D eigenvalue weighted by molar-refractivity contribution is -0.135. The summed E-state index contributed by atoms with van der Waals surface area (Å²) in [5.74, 6) is 0.631. The molecule has 0 spiro atoms. The van der Waals surface area contributed by atoms with Crippen LogP contribution in [0.4, 0.5) is 5.69 Å². The molecule has 3 rings (SSSR count). The van der Waals surface area contributed by atoms with Crippen LogP contribution in [-0.4, -0.2) is 64.0 Å². The molecule has 1 aromatic carbocycles. The van der Waals surface area contributed by atoms with Gasteiger partial charge in [0.05, 0.1) is 24.5 Å². The number of nitrogens with zero attached hydrogens (tertiary/aromatic N) is 2. The van der Waals surface area contributed by atoms with Crippen molar-refractivity contribution in [2.24, 2.45) is 5.92 Å². The highest BCUT2D eigenvalue weighted by Gasteiger charge is 2.36. The summed E-state index contributed by atoms with van der Waals surface area (Å²) in [6.07, 6.45) is 0.470. The fourth-order valence-corrected chi connectivity index (χ4v) is 4.97. The minimum Gasteiger partial charge on any atom is -0.497 e. The molecule has 1 aromatic rings. The highest BCUT2D eigenvalue weighted by molar-refractivity contribution is 7.91. The molecule has 2 saturated heterocycles. The lowest BCUT2D eigenvalue weighted by atomic mass is 10.1. The molecule has 1 amide bonds. The minimum absolute atomic E-state index is 0.00336. The Kier molecular flexibility index (Phi) is 4.48. The van der Waals surface area contributed by atoms with E-state index in [0.29, 0.717) is 19.5 Å². The molecule has 0 saturated carbocycles. The quantitative estimate of drug-likeness (QED) is 0.815. The Morgan fingerprint density at radius 3 is 2.57 bits per heavy atom. The molecule has 23 heavy (non-hydrogen) atoms. The monoisotopic (exact) mass is 338 g/mol. The summed E-state index contributed by atoms with van der Waals surface area (Å²) in [5.41, 5.74) is 1.08. The number of benzene rings is 1. The Hall–Kier alpha value is -1.76. The van der Waals surface area contributed by atoms with Gasteiger partial charge >= 0.3 is 0 Å². The number of piperazine rings is 1. The van der Waals surface area contributed by atoms with Crippen molar-refractivity contribution in [1.29, 1.82) is 0 Å². The van der Waals surface area contributed by atoms with E-state index in [9.17, 15) is 13.2 Å². The molecule has 0 aliphatic carbocycles. The molecule has 0 radical (unpaired) electrons. The van der Waals surface area contributed by atoms with Crippen molar-refractivity contribution >= 4 is 21.4 Å². The summed E-state index contributed by atoms with van der Waals surface area (Å²) in [7, 11) is -1.37. The summed E-state index contributed by atoms with van der Waals surface area (Å²) in [4.78, 5) is 16.5. The van der Waals surface area contributed by atoms with Crippen LogP contribution >= 0.6 is 0 Å². The van der Waals surface area contributed by atoms with Crippen molar-refractivity contribution in [2.45, 2.75) is 6.42 Å². The Labute approximate surface area is 136 Å². The molecule has 0 bridgehead atoms.